The molecular formula is C15H19ClN4O2. The van der Waals surface area contributed by atoms with Crippen LogP contribution in [-0.2, 0) is 15.1 Å². The Balaban J connectivity index is 1.79. The quantitative estimate of drug-likeness (QED) is 0.801. The number of H-pyrrole nitrogens is 1. The number of hydrogen-bond donors (Lipinski definition) is 3. The first kappa shape index (κ1) is 15.3. The molecule has 1 aromatic carbocycles. The first-order valence-corrected chi connectivity index (χ1v) is 7.63. The topological polar surface area (TPSA) is 79.0 Å². The van der Waals surface area contributed by atoms with Gasteiger partial charge in [-0.15, -0.1) is 0 Å². The highest BCUT2D eigenvalue weighted by molar-refractivity contribution is 6.31. The predicted octanol–water partition coefficient (Wildman–Crippen LogP) is 1.56. The molecule has 0 radical (unpaired) electrons. The van der Waals surface area contributed by atoms with Crippen LogP contribution in [0, 0.1) is 0 Å². The van der Waals surface area contributed by atoms with E-state index in [0.29, 0.717) is 24.0 Å². The lowest BCUT2D eigenvalue weighted by molar-refractivity contribution is -0.136. The van der Waals surface area contributed by atoms with E-state index in [9.17, 15) is 4.79 Å². The average molecular weight is 323 g/mol. The van der Waals surface area contributed by atoms with E-state index in [4.69, 9.17) is 16.3 Å². The molecule has 22 heavy (non-hydrogen) atoms. The van der Waals surface area contributed by atoms with Crippen LogP contribution in [0.4, 0.5) is 0 Å². The Morgan fingerprint density at radius 1 is 1.50 bits per heavy atom. The minimum Gasteiger partial charge on any atom is -0.366 e. The molecule has 118 valence electrons. The van der Waals surface area contributed by atoms with Crippen LogP contribution < -0.4 is 10.6 Å². The number of aromatic nitrogens is 2. The van der Waals surface area contributed by atoms with Crippen LogP contribution in [0.25, 0.3) is 11.0 Å². The standard InChI is InChI=1S/C15H19ClN4O2/c1-15(2,20-13(21)12-8-17-5-6-22-12)14-18-10-4-3-9(16)7-11(10)19-14/h3-4,7,12,17H,5-6,8H2,1-2H3,(H,18,19)(H,20,21)/t12-/m0/s1. The van der Waals surface area contributed by atoms with Crippen molar-refractivity contribution in [2.24, 2.45) is 0 Å². The van der Waals surface area contributed by atoms with E-state index in [0.717, 1.165) is 17.6 Å². The lowest BCUT2D eigenvalue weighted by Gasteiger charge is -2.29. The van der Waals surface area contributed by atoms with Crippen LogP contribution in [-0.4, -0.2) is 41.7 Å². The predicted molar refractivity (Wildman–Crippen MR) is 84.9 cm³/mol. The van der Waals surface area contributed by atoms with Crippen molar-refractivity contribution >= 4 is 28.5 Å². The summed E-state index contributed by atoms with van der Waals surface area (Å²) in [5, 5.41) is 6.78. The maximum atomic E-state index is 12.3. The van der Waals surface area contributed by atoms with E-state index in [1.807, 2.05) is 26.0 Å². The SMILES string of the molecule is CC(C)(NC(=O)[C@@H]1CNCCO1)c1nc2ccc(Cl)cc2[nH]1. The smallest absolute Gasteiger partial charge is 0.251 e. The second-order valence-corrected chi connectivity index (χ2v) is 6.36. The summed E-state index contributed by atoms with van der Waals surface area (Å²) < 4.78 is 5.47. The highest BCUT2D eigenvalue weighted by Gasteiger charge is 2.31. The summed E-state index contributed by atoms with van der Waals surface area (Å²) >= 11 is 5.99. The summed E-state index contributed by atoms with van der Waals surface area (Å²) in [5.74, 6) is 0.539. The molecule has 0 aliphatic carbocycles. The van der Waals surface area contributed by atoms with Crippen molar-refractivity contribution in [1.29, 1.82) is 0 Å². The van der Waals surface area contributed by atoms with Gasteiger partial charge in [0.15, 0.2) is 0 Å². The molecule has 2 heterocycles. The zero-order valence-corrected chi connectivity index (χ0v) is 13.3. The molecule has 1 atom stereocenters. The first-order valence-electron chi connectivity index (χ1n) is 7.26. The van der Waals surface area contributed by atoms with Gasteiger partial charge < -0.3 is 20.4 Å². The molecule has 1 fully saturated rings. The summed E-state index contributed by atoms with van der Waals surface area (Å²) in [6.07, 6.45) is -0.466. The highest BCUT2D eigenvalue weighted by atomic mass is 35.5. The van der Waals surface area contributed by atoms with Crippen molar-refractivity contribution in [3.63, 3.8) is 0 Å². The summed E-state index contributed by atoms with van der Waals surface area (Å²) in [6.45, 7) is 5.65. The Morgan fingerprint density at radius 3 is 3.05 bits per heavy atom. The van der Waals surface area contributed by atoms with Crippen LogP contribution in [0.15, 0.2) is 18.2 Å². The molecule has 0 bridgehead atoms. The largest absolute Gasteiger partial charge is 0.366 e. The summed E-state index contributed by atoms with van der Waals surface area (Å²) in [4.78, 5) is 20.1. The number of amides is 1. The van der Waals surface area contributed by atoms with Gasteiger partial charge in [0.1, 0.15) is 11.9 Å². The Labute approximate surface area is 133 Å². The Hall–Kier alpha value is -1.63. The zero-order chi connectivity index (χ0) is 15.7. The molecule has 1 aliphatic rings. The molecule has 1 aliphatic heterocycles. The van der Waals surface area contributed by atoms with Crippen LogP contribution >= 0.6 is 11.6 Å². The molecular weight excluding hydrogens is 304 g/mol. The molecule has 6 nitrogen and oxygen atoms in total. The third-order valence-electron chi connectivity index (χ3n) is 3.69. The van der Waals surface area contributed by atoms with Crippen molar-refractivity contribution in [3.8, 4) is 0 Å². The maximum Gasteiger partial charge on any atom is 0.251 e. The minimum absolute atomic E-state index is 0.143. The zero-order valence-electron chi connectivity index (χ0n) is 12.6. The second-order valence-electron chi connectivity index (χ2n) is 5.92. The molecule has 1 aromatic heterocycles. The van der Waals surface area contributed by atoms with E-state index in [1.54, 1.807) is 6.07 Å². The number of benzene rings is 1. The third kappa shape index (κ3) is 3.09. The van der Waals surface area contributed by atoms with Crippen molar-refractivity contribution in [3.05, 3.63) is 29.0 Å². The average Bonchev–Trinajstić information content (AvgIpc) is 2.91. The van der Waals surface area contributed by atoms with Gasteiger partial charge in [0.2, 0.25) is 0 Å². The molecule has 0 saturated carbocycles. The van der Waals surface area contributed by atoms with Crippen molar-refractivity contribution < 1.29 is 9.53 Å². The number of fused-ring (bicyclic) bond motifs is 1. The van der Waals surface area contributed by atoms with E-state index in [-0.39, 0.29) is 5.91 Å². The van der Waals surface area contributed by atoms with Gasteiger partial charge in [-0.3, -0.25) is 4.79 Å². The summed E-state index contributed by atoms with van der Waals surface area (Å²) in [5.41, 5.74) is 1.03. The van der Waals surface area contributed by atoms with Gasteiger partial charge in [0, 0.05) is 18.1 Å². The summed E-state index contributed by atoms with van der Waals surface area (Å²) in [7, 11) is 0. The van der Waals surface area contributed by atoms with Crippen molar-refractivity contribution in [2.45, 2.75) is 25.5 Å². The number of carbonyl (C=O) groups is 1. The number of rotatable bonds is 3. The van der Waals surface area contributed by atoms with Crippen LogP contribution in [0.5, 0.6) is 0 Å². The van der Waals surface area contributed by atoms with Gasteiger partial charge >= 0.3 is 0 Å². The van der Waals surface area contributed by atoms with Gasteiger partial charge in [0.05, 0.1) is 23.2 Å². The maximum absolute atomic E-state index is 12.3. The van der Waals surface area contributed by atoms with E-state index in [2.05, 4.69) is 20.6 Å². The number of halogens is 1. The fourth-order valence-electron chi connectivity index (χ4n) is 2.46. The van der Waals surface area contributed by atoms with Crippen LogP contribution in [0.3, 0.4) is 0 Å². The van der Waals surface area contributed by atoms with Gasteiger partial charge in [-0.1, -0.05) is 11.6 Å². The monoisotopic (exact) mass is 322 g/mol. The summed E-state index contributed by atoms with van der Waals surface area (Å²) in [6, 6.07) is 5.46. The molecule has 2 aromatic rings. The molecule has 0 spiro atoms. The molecule has 3 N–H and O–H groups in total. The normalized spacial score (nSPS) is 19.3. The van der Waals surface area contributed by atoms with Gasteiger partial charge in [-0.05, 0) is 32.0 Å². The Bertz CT molecular complexity index is 692. The van der Waals surface area contributed by atoms with Crippen molar-refractivity contribution in [1.82, 2.24) is 20.6 Å². The minimum atomic E-state index is -0.636. The molecule has 1 amide bonds. The fraction of sp³-hybridized carbons (Fsp3) is 0.467. The van der Waals surface area contributed by atoms with E-state index in [1.165, 1.54) is 0 Å². The molecule has 7 heteroatoms. The van der Waals surface area contributed by atoms with Crippen molar-refractivity contribution in [2.75, 3.05) is 19.7 Å². The number of carbonyl (C=O) groups excluding carboxylic acids is 1. The number of imidazole rings is 1. The van der Waals surface area contributed by atoms with E-state index >= 15 is 0 Å². The number of morpholine rings is 1. The second kappa shape index (κ2) is 5.87. The van der Waals surface area contributed by atoms with Gasteiger partial charge in [-0.25, -0.2) is 4.98 Å². The lowest BCUT2D eigenvalue weighted by atomic mass is 10.0. The number of nitrogens with zero attached hydrogens (tertiary/aromatic N) is 1. The first-order chi connectivity index (χ1) is 10.5. The third-order valence-corrected chi connectivity index (χ3v) is 3.93. The van der Waals surface area contributed by atoms with E-state index < -0.39 is 11.6 Å². The number of aromatic amines is 1. The number of ether oxygens (including phenoxy) is 1. The fourth-order valence-corrected chi connectivity index (χ4v) is 2.63. The molecule has 1 saturated heterocycles. The van der Waals surface area contributed by atoms with Gasteiger partial charge in [0.25, 0.3) is 5.91 Å². The Morgan fingerprint density at radius 2 is 2.32 bits per heavy atom. The lowest BCUT2D eigenvalue weighted by Crippen LogP contribution is -2.52. The molecule has 0 unspecified atom stereocenters. The number of nitrogens with one attached hydrogen (secondary N) is 3. The van der Waals surface area contributed by atoms with Gasteiger partial charge in [-0.2, -0.15) is 0 Å². The van der Waals surface area contributed by atoms with Crippen LogP contribution in [0.1, 0.15) is 19.7 Å². The molecule has 3 rings (SSSR count). The number of hydrogen-bond acceptors (Lipinski definition) is 4. The highest BCUT2D eigenvalue weighted by Crippen LogP contribution is 2.23. The Kier molecular flexibility index (Phi) is 4.08. The van der Waals surface area contributed by atoms with Crippen LogP contribution in [0.2, 0.25) is 5.02 Å².